The number of hydrogen-bond acceptors (Lipinski definition) is 3. The molecule has 0 aliphatic carbocycles. The molecule has 0 saturated carbocycles. The Balaban J connectivity index is 3.07. The summed E-state index contributed by atoms with van der Waals surface area (Å²) in [6.45, 7) is 0. The summed E-state index contributed by atoms with van der Waals surface area (Å²) >= 11 is 0. The van der Waals surface area contributed by atoms with E-state index < -0.39 is 11.8 Å². The monoisotopic (exact) mass is 138 g/mol. The van der Waals surface area contributed by atoms with Crippen LogP contribution in [0.5, 0.6) is 5.88 Å². The number of aromatic nitrogens is 2. The molecule has 1 aromatic rings. The summed E-state index contributed by atoms with van der Waals surface area (Å²) in [6, 6.07) is 0. The first-order valence-electron chi connectivity index (χ1n) is 2.49. The zero-order chi connectivity index (χ0) is 7.56. The summed E-state index contributed by atoms with van der Waals surface area (Å²) in [5, 5.41) is 10.4. The summed E-state index contributed by atoms with van der Waals surface area (Å²) in [5.41, 5.74) is 4.70. The summed E-state index contributed by atoms with van der Waals surface area (Å²) in [6.07, 6.45) is 2.15. The second-order valence-corrected chi connectivity index (χ2v) is 1.61. The summed E-state index contributed by atoms with van der Waals surface area (Å²) < 4.78 is 0. The number of primary amides is 1. The number of carbonyl (C=O) groups excluding carboxylic acids is 1. The maximum absolute atomic E-state index is 10.4. The van der Waals surface area contributed by atoms with Crippen molar-refractivity contribution in [2.75, 3.05) is 0 Å². The number of rotatable bonds is 1. The van der Waals surface area contributed by atoms with E-state index in [4.69, 9.17) is 5.73 Å². The lowest BCUT2D eigenvalue weighted by atomic mass is 10.4. The molecule has 0 spiro atoms. The van der Waals surface area contributed by atoms with Crippen LogP contribution < -0.4 is 5.73 Å². The predicted octanol–water partition coefficient (Wildman–Crippen LogP) is -0.281. The van der Waals surface area contributed by atoms with Crippen molar-refractivity contribution in [1.29, 1.82) is 0 Å². The minimum absolute atomic E-state index is 0.104. The van der Waals surface area contributed by atoms with E-state index in [9.17, 15) is 9.90 Å². The first-order chi connectivity index (χ1) is 4.70. The fourth-order valence-electron chi connectivity index (χ4n) is 0.467. The average Bonchev–Trinajstić information content (AvgIpc) is 1.88. The molecule has 51 valence electrons. The molecule has 5 nitrogen and oxygen atoms in total. The Morgan fingerprint density at radius 3 is 2.60 bits per heavy atom. The predicted molar refractivity (Wildman–Crippen MR) is 30.7 cm³/mol. The number of carbonyl (C=O) groups is 1. The number of amides is 1. The maximum atomic E-state index is 10.4. The van der Waals surface area contributed by atoms with Crippen LogP contribution in [0.3, 0.4) is 0 Å². The van der Waals surface area contributed by atoms with Gasteiger partial charge < -0.3 is 5.73 Å². The van der Waals surface area contributed by atoms with E-state index in [2.05, 4.69) is 9.97 Å². The van der Waals surface area contributed by atoms with Crippen LogP contribution in [0, 0.1) is 0 Å². The van der Waals surface area contributed by atoms with Crippen LogP contribution in [0.25, 0.3) is 0 Å². The topological polar surface area (TPSA) is 88.8 Å². The zero-order valence-corrected chi connectivity index (χ0v) is 4.94. The second kappa shape index (κ2) is 2.30. The van der Waals surface area contributed by atoms with E-state index in [1.165, 1.54) is 0 Å². The van der Waals surface area contributed by atoms with Crippen molar-refractivity contribution in [2.45, 2.75) is 0 Å². The lowest BCUT2D eigenvalue weighted by Crippen LogP contribution is -2.12. The zero-order valence-electron chi connectivity index (χ0n) is 4.94. The molecule has 1 amide bonds. The van der Waals surface area contributed by atoms with E-state index in [1.807, 2.05) is 0 Å². The van der Waals surface area contributed by atoms with E-state index in [0.717, 1.165) is 12.4 Å². The molecule has 1 aromatic heterocycles. The minimum Gasteiger partial charge on any atom is -0.364 e. The quantitative estimate of drug-likeness (QED) is 0.578. The molecule has 0 aromatic carbocycles. The highest BCUT2D eigenvalue weighted by Gasteiger charge is 2.02. The van der Waals surface area contributed by atoms with Gasteiger partial charge in [0.05, 0.1) is 12.4 Å². The van der Waals surface area contributed by atoms with Crippen molar-refractivity contribution in [3.63, 3.8) is 0 Å². The third kappa shape index (κ3) is 1.19. The van der Waals surface area contributed by atoms with Gasteiger partial charge in [-0.1, -0.05) is 0 Å². The van der Waals surface area contributed by atoms with Crippen molar-refractivity contribution in [2.24, 2.45) is 5.73 Å². The molecule has 0 bridgehead atoms. The van der Waals surface area contributed by atoms with Crippen molar-refractivity contribution in [3.8, 4) is 5.88 Å². The van der Waals surface area contributed by atoms with Gasteiger partial charge in [-0.25, -0.2) is 4.98 Å². The van der Waals surface area contributed by atoms with Gasteiger partial charge in [-0.2, -0.15) is 0 Å². The van der Waals surface area contributed by atoms with Gasteiger partial charge in [-0.05, 0) is 0 Å². The third-order valence-corrected chi connectivity index (χ3v) is 0.865. The van der Waals surface area contributed by atoms with Gasteiger partial charge in [0.15, 0.2) is 0 Å². The highest BCUT2D eigenvalue weighted by Crippen LogP contribution is 2.00. The van der Waals surface area contributed by atoms with Gasteiger partial charge >= 0.3 is 0 Å². The molecular formula is C5H4N3O2. The smallest absolute Gasteiger partial charge is 0.288 e. The van der Waals surface area contributed by atoms with Crippen LogP contribution in [-0.4, -0.2) is 15.9 Å². The number of nitrogens with two attached hydrogens (primary N) is 1. The minimum atomic E-state index is -0.745. The van der Waals surface area contributed by atoms with E-state index in [0.29, 0.717) is 0 Å². The standard InChI is InChI=1S/C5H4N3O2/c6-5(10)3-1-7-2-4(9)8-3/h1-2H,(H2,6,10). The molecule has 0 aliphatic rings. The van der Waals surface area contributed by atoms with Gasteiger partial charge in [-0.15, -0.1) is 0 Å². The Morgan fingerprint density at radius 2 is 2.20 bits per heavy atom. The fraction of sp³-hybridized carbons (Fsp3) is 0. The van der Waals surface area contributed by atoms with Crippen LogP contribution >= 0.6 is 0 Å². The normalized spacial score (nSPS) is 9.20. The Hall–Kier alpha value is -1.65. The molecule has 2 N–H and O–H groups in total. The highest BCUT2D eigenvalue weighted by atomic mass is 16.3. The van der Waals surface area contributed by atoms with Crippen LogP contribution in [-0.2, 0) is 5.11 Å². The van der Waals surface area contributed by atoms with Crippen LogP contribution in [0.2, 0.25) is 0 Å². The Kier molecular flexibility index (Phi) is 1.49. The molecule has 10 heavy (non-hydrogen) atoms. The molecule has 0 saturated heterocycles. The molecule has 1 heterocycles. The van der Waals surface area contributed by atoms with E-state index >= 15 is 0 Å². The highest BCUT2D eigenvalue weighted by molar-refractivity contribution is 5.90. The van der Waals surface area contributed by atoms with Crippen LogP contribution in [0.4, 0.5) is 0 Å². The number of hydrogen-bond donors (Lipinski definition) is 1. The molecule has 1 radical (unpaired) electrons. The van der Waals surface area contributed by atoms with Gasteiger partial charge in [0.1, 0.15) is 5.69 Å². The molecule has 5 heteroatoms. The van der Waals surface area contributed by atoms with Crippen LogP contribution in [0.15, 0.2) is 12.4 Å². The molecule has 0 fully saturated rings. The Morgan fingerprint density at radius 1 is 1.50 bits per heavy atom. The van der Waals surface area contributed by atoms with Gasteiger partial charge in [0.25, 0.3) is 11.8 Å². The number of nitrogens with zero attached hydrogens (tertiary/aromatic N) is 2. The maximum Gasteiger partial charge on any atom is 0.288 e. The summed E-state index contributed by atoms with van der Waals surface area (Å²) in [7, 11) is 0. The van der Waals surface area contributed by atoms with Gasteiger partial charge in [0, 0.05) is 0 Å². The Bertz CT molecular complexity index is 261. The van der Waals surface area contributed by atoms with Gasteiger partial charge in [-0.3, -0.25) is 14.9 Å². The largest absolute Gasteiger partial charge is 0.364 e. The molecule has 0 atom stereocenters. The Labute approximate surface area is 56.5 Å². The molecule has 0 aliphatic heterocycles. The van der Waals surface area contributed by atoms with E-state index in [-0.39, 0.29) is 5.69 Å². The first-order valence-corrected chi connectivity index (χ1v) is 2.49. The fourth-order valence-corrected chi connectivity index (χ4v) is 0.467. The SMILES string of the molecule is NC(=O)c1cncc([O])n1. The van der Waals surface area contributed by atoms with Crippen molar-refractivity contribution in [1.82, 2.24) is 9.97 Å². The first kappa shape index (κ1) is 6.47. The van der Waals surface area contributed by atoms with Crippen LogP contribution in [0.1, 0.15) is 10.5 Å². The lowest BCUT2D eigenvalue weighted by Gasteiger charge is -1.89. The molecule has 0 unspecified atom stereocenters. The third-order valence-electron chi connectivity index (χ3n) is 0.865. The molecule has 1 rings (SSSR count). The second-order valence-electron chi connectivity index (χ2n) is 1.61. The lowest BCUT2D eigenvalue weighted by molar-refractivity contribution is 0.0993. The average molecular weight is 138 g/mol. The summed E-state index contributed by atoms with van der Waals surface area (Å²) in [4.78, 5) is 17.0. The van der Waals surface area contributed by atoms with Crippen molar-refractivity contribution in [3.05, 3.63) is 18.1 Å². The van der Waals surface area contributed by atoms with E-state index in [1.54, 1.807) is 0 Å². The van der Waals surface area contributed by atoms with Gasteiger partial charge in [0.2, 0.25) is 0 Å². The van der Waals surface area contributed by atoms with Crippen molar-refractivity contribution >= 4 is 5.91 Å². The summed E-state index contributed by atoms with van der Waals surface area (Å²) in [5.74, 6) is -1.30. The van der Waals surface area contributed by atoms with Crippen molar-refractivity contribution < 1.29 is 9.90 Å². The molecular weight excluding hydrogens is 134 g/mol.